The molecule has 1 saturated carbocycles. The van der Waals surface area contributed by atoms with Crippen molar-refractivity contribution in [1.82, 2.24) is 14.9 Å². The molecule has 0 aromatic carbocycles. The molecule has 1 aliphatic carbocycles. The van der Waals surface area contributed by atoms with Crippen molar-refractivity contribution in [3.63, 3.8) is 0 Å². The van der Waals surface area contributed by atoms with Crippen molar-refractivity contribution >= 4 is 11.9 Å². The van der Waals surface area contributed by atoms with Gasteiger partial charge >= 0.3 is 0 Å². The number of carbonyl (C=O) groups is 1. The summed E-state index contributed by atoms with van der Waals surface area (Å²) in [4.78, 5) is 24.8. The molecule has 118 valence electrons. The molecule has 1 aromatic heterocycles. The third-order valence-corrected chi connectivity index (χ3v) is 5.46. The van der Waals surface area contributed by atoms with Crippen molar-refractivity contribution in [2.24, 2.45) is 17.8 Å². The zero-order valence-corrected chi connectivity index (χ0v) is 12.6. The first-order valence-electron chi connectivity index (χ1n) is 8.22. The number of fused-ring (bicyclic) bond motifs is 1. The van der Waals surface area contributed by atoms with Crippen molar-refractivity contribution in [2.45, 2.75) is 25.7 Å². The van der Waals surface area contributed by atoms with E-state index in [0.29, 0.717) is 18.4 Å². The third kappa shape index (κ3) is 2.44. The number of carbonyl (C=O) groups excluding carboxylic acids is 1. The van der Waals surface area contributed by atoms with Crippen LogP contribution in [-0.4, -0.2) is 47.0 Å². The Hall–Kier alpha value is -1.72. The molecule has 1 amide bonds. The van der Waals surface area contributed by atoms with Crippen LogP contribution in [0.3, 0.4) is 0 Å². The zero-order valence-electron chi connectivity index (χ0n) is 12.6. The van der Waals surface area contributed by atoms with Crippen molar-refractivity contribution in [2.75, 3.05) is 31.1 Å². The van der Waals surface area contributed by atoms with Gasteiger partial charge in [0.25, 0.3) is 0 Å². The highest BCUT2D eigenvalue weighted by atomic mass is 19.1. The largest absolute Gasteiger partial charge is 0.342 e. The number of halogens is 1. The van der Waals surface area contributed by atoms with Crippen LogP contribution in [-0.2, 0) is 4.79 Å². The molecule has 5 nitrogen and oxygen atoms in total. The Balaban J connectivity index is 1.38. The molecule has 3 unspecified atom stereocenters. The Morgan fingerprint density at radius 1 is 1.09 bits per heavy atom. The molecule has 3 aliphatic rings. The Kier molecular flexibility index (Phi) is 3.47. The van der Waals surface area contributed by atoms with Gasteiger partial charge in [0.05, 0.1) is 18.3 Å². The van der Waals surface area contributed by atoms with Gasteiger partial charge in [-0.1, -0.05) is 6.42 Å². The molecule has 6 heteroatoms. The molecule has 2 aliphatic heterocycles. The monoisotopic (exact) mass is 304 g/mol. The molecule has 0 radical (unpaired) electrons. The maximum atomic E-state index is 12.9. The number of aromatic nitrogens is 2. The van der Waals surface area contributed by atoms with Crippen molar-refractivity contribution in [3.05, 3.63) is 18.2 Å². The molecule has 0 N–H and O–H groups in total. The normalized spacial score (nSPS) is 30.9. The fraction of sp³-hybridized carbons (Fsp3) is 0.688. The summed E-state index contributed by atoms with van der Waals surface area (Å²) in [5.41, 5.74) is 0. The van der Waals surface area contributed by atoms with E-state index in [0.717, 1.165) is 37.9 Å². The highest BCUT2D eigenvalue weighted by Crippen LogP contribution is 2.38. The average molecular weight is 304 g/mol. The number of hydrogen-bond acceptors (Lipinski definition) is 4. The molecular formula is C16H21FN4O. The van der Waals surface area contributed by atoms with Crippen LogP contribution < -0.4 is 4.90 Å². The molecule has 3 fully saturated rings. The summed E-state index contributed by atoms with van der Waals surface area (Å²) in [6.07, 6.45) is 7.10. The number of nitrogens with zero attached hydrogens (tertiary/aromatic N) is 4. The SMILES string of the molecule is O=C(C1CCN(c2ncc(F)cn2)C1)N1CC2CCCC2C1. The standard InChI is InChI=1S/C16H21FN4O/c17-14-6-18-16(19-7-14)20-5-4-13(10-20)15(22)21-8-11-2-1-3-12(11)9-21/h6-7,11-13H,1-5,8-10H2. The van der Waals surface area contributed by atoms with Crippen molar-refractivity contribution in [3.8, 4) is 0 Å². The lowest BCUT2D eigenvalue weighted by molar-refractivity contribution is -0.134. The van der Waals surface area contributed by atoms with Crippen LogP contribution in [0.5, 0.6) is 0 Å². The second kappa shape index (κ2) is 5.48. The van der Waals surface area contributed by atoms with Gasteiger partial charge < -0.3 is 9.80 Å². The van der Waals surface area contributed by atoms with Crippen LogP contribution in [0.15, 0.2) is 12.4 Å². The van der Waals surface area contributed by atoms with E-state index in [4.69, 9.17) is 0 Å². The van der Waals surface area contributed by atoms with Crippen LogP contribution in [0.2, 0.25) is 0 Å². The quantitative estimate of drug-likeness (QED) is 0.834. The van der Waals surface area contributed by atoms with Crippen LogP contribution >= 0.6 is 0 Å². The minimum Gasteiger partial charge on any atom is -0.342 e. The lowest BCUT2D eigenvalue weighted by Gasteiger charge is -2.22. The van der Waals surface area contributed by atoms with Gasteiger partial charge in [0.2, 0.25) is 11.9 Å². The Morgan fingerprint density at radius 2 is 1.77 bits per heavy atom. The van der Waals surface area contributed by atoms with Crippen LogP contribution in [0.25, 0.3) is 0 Å². The summed E-state index contributed by atoms with van der Waals surface area (Å²) in [5.74, 6) is 1.89. The first-order chi connectivity index (χ1) is 10.7. The van der Waals surface area contributed by atoms with Crippen LogP contribution in [0.1, 0.15) is 25.7 Å². The Morgan fingerprint density at radius 3 is 2.45 bits per heavy atom. The van der Waals surface area contributed by atoms with Crippen molar-refractivity contribution in [1.29, 1.82) is 0 Å². The fourth-order valence-corrected chi connectivity index (χ4v) is 4.29. The molecule has 0 spiro atoms. The highest BCUT2D eigenvalue weighted by Gasteiger charge is 2.41. The first-order valence-corrected chi connectivity index (χ1v) is 8.22. The maximum absolute atomic E-state index is 12.9. The predicted molar refractivity (Wildman–Crippen MR) is 79.7 cm³/mol. The van der Waals surface area contributed by atoms with Gasteiger partial charge in [-0.2, -0.15) is 0 Å². The predicted octanol–water partition coefficient (Wildman–Crippen LogP) is 1.70. The van der Waals surface area contributed by atoms with Crippen LogP contribution in [0, 0.1) is 23.6 Å². The Labute approximate surface area is 129 Å². The second-order valence-corrected chi connectivity index (χ2v) is 6.83. The second-order valence-electron chi connectivity index (χ2n) is 6.83. The number of amides is 1. The third-order valence-electron chi connectivity index (χ3n) is 5.46. The summed E-state index contributed by atoms with van der Waals surface area (Å²) in [6.45, 7) is 3.32. The van der Waals surface area contributed by atoms with Gasteiger partial charge in [-0.25, -0.2) is 14.4 Å². The highest BCUT2D eigenvalue weighted by molar-refractivity contribution is 5.80. The van der Waals surface area contributed by atoms with E-state index in [-0.39, 0.29) is 5.92 Å². The topological polar surface area (TPSA) is 49.3 Å². The van der Waals surface area contributed by atoms with E-state index in [2.05, 4.69) is 14.9 Å². The molecule has 2 saturated heterocycles. The fourth-order valence-electron chi connectivity index (χ4n) is 4.29. The molecule has 3 heterocycles. The summed E-state index contributed by atoms with van der Waals surface area (Å²) < 4.78 is 12.9. The number of likely N-dealkylation sites (tertiary alicyclic amines) is 1. The molecule has 1 aromatic rings. The average Bonchev–Trinajstić information content (AvgIpc) is 3.22. The first kappa shape index (κ1) is 13.9. The summed E-state index contributed by atoms with van der Waals surface area (Å²) in [7, 11) is 0. The van der Waals surface area contributed by atoms with Crippen LogP contribution in [0.4, 0.5) is 10.3 Å². The smallest absolute Gasteiger partial charge is 0.227 e. The molecule has 0 bridgehead atoms. The lowest BCUT2D eigenvalue weighted by atomic mass is 10.0. The number of rotatable bonds is 2. The maximum Gasteiger partial charge on any atom is 0.227 e. The Bertz CT molecular complexity index is 552. The lowest BCUT2D eigenvalue weighted by Crippen LogP contribution is -2.36. The van der Waals surface area contributed by atoms with E-state index < -0.39 is 5.82 Å². The minimum absolute atomic E-state index is 0.0347. The molecule has 4 rings (SSSR count). The van der Waals surface area contributed by atoms with E-state index in [1.165, 1.54) is 31.7 Å². The van der Waals surface area contributed by atoms with Gasteiger partial charge in [-0.15, -0.1) is 0 Å². The van der Waals surface area contributed by atoms with Gasteiger partial charge in [0.15, 0.2) is 5.82 Å². The van der Waals surface area contributed by atoms with E-state index in [9.17, 15) is 9.18 Å². The number of anilines is 1. The molecular weight excluding hydrogens is 283 g/mol. The minimum atomic E-state index is -0.431. The number of hydrogen-bond donors (Lipinski definition) is 0. The molecule has 3 atom stereocenters. The van der Waals surface area contributed by atoms with Gasteiger partial charge in [-0.05, 0) is 31.1 Å². The van der Waals surface area contributed by atoms with Gasteiger partial charge in [0, 0.05) is 26.2 Å². The van der Waals surface area contributed by atoms with E-state index >= 15 is 0 Å². The zero-order chi connectivity index (χ0) is 15.1. The summed E-state index contributed by atoms with van der Waals surface area (Å²) in [5, 5.41) is 0. The summed E-state index contributed by atoms with van der Waals surface area (Å²) in [6, 6.07) is 0. The van der Waals surface area contributed by atoms with Gasteiger partial charge in [-0.3, -0.25) is 4.79 Å². The van der Waals surface area contributed by atoms with Gasteiger partial charge in [0.1, 0.15) is 0 Å². The summed E-state index contributed by atoms with van der Waals surface area (Å²) >= 11 is 0. The van der Waals surface area contributed by atoms with E-state index in [1.54, 1.807) is 0 Å². The van der Waals surface area contributed by atoms with E-state index in [1.807, 2.05) is 4.90 Å². The molecule has 22 heavy (non-hydrogen) atoms. The van der Waals surface area contributed by atoms with Crippen molar-refractivity contribution < 1.29 is 9.18 Å².